The highest BCUT2D eigenvalue weighted by Crippen LogP contribution is 2.23. The van der Waals surface area contributed by atoms with Gasteiger partial charge in [-0.15, -0.1) is 0 Å². The molecule has 0 amide bonds. The number of ether oxygens (including phenoxy) is 2. The summed E-state index contributed by atoms with van der Waals surface area (Å²) in [5, 5.41) is 6.59. The van der Waals surface area contributed by atoms with Crippen molar-refractivity contribution >= 4 is 22.1 Å². The zero-order valence-corrected chi connectivity index (χ0v) is 18.4. The van der Waals surface area contributed by atoms with Crippen molar-refractivity contribution in [1.29, 1.82) is 0 Å². The summed E-state index contributed by atoms with van der Waals surface area (Å²) in [6, 6.07) is 7.31. The van der Waals surface area contributed by atoms with Crippen LogP contribution < -0.4 is 4.74 Å². The van der Waals surface area contributed by atoms with Gasteiger partial charge >= 0.3 is 11.9 Å². The second kappa shape index (κ2) is 13.2. The molecule has 0 saturated heterocycles. The Morgan fingerprint density at radius 1 is 1.03 bits per heavy atom. The van der Waals surface area contributed by atoms with Gasteiger partial charge in [0.15, 0.2) is 5.25 Å². The Labute approximate surface area is 178 Å². The molecule has 170 valence electrons. The molecule has 0 aliphatic rings. The van der Waals surface area contributed by atoms with Crippen molar-refractivity contribution in [3.63, 3.8) is 0 Å². The monoisotopic (exact) mass is 444 g/mol. The van der Waals surface area contributed by atoms with Crippen molar-refractivity contribution in [2.24, 2.45) is 0 Å². The molecule has 9 heteroatoms. The summed E-state index contributed by atoms with van der Waals surface area (Å²) in [6.45, 7) is 3.85. The van der Waals surface area contributed by atoms with Crippen molar-refractivity contribution in [2.45, 2.75) is 83.2 Å². The van der Waals surface area contributed by atoms with Crippen LogP contribution >= 0.6 is 0 Å². The summed E-state index contributed by atoms with van der Waals surface area (Å²) >= 11 is 0. The smallest absolute Gasteiger partial charge is 0.330 e. The summed E-state index contributed by atoms with van der Waals surface area (Å²) in [6.07, 6.45) is 5.70. The van der Waals surface area contributed by atoms with Gasteiger partial charge < -0.3 is 14.6 Å². The summed E-state index contributed by atoms with van der Waals surface area (Å²) in [4.78, 5) is 23.0. The fourth-order valence-electron chi connectivity index (χ4n) is 2.93. The van der Waals surface area contributed by atoms with Gasteiger partial charge in [0.05, 0.1) is 6.42 Å². The number of para-hydroxylation sites is 1. The van der Waals surface area contributed by atoms with Gasteiger partial charge in [-0.05, 0) is 24.5 Å². The quantitative estimate of drug-likeness (QED) is 0.180. The first-order chi connectivity index (χ1) is 14.2. The van der Waals surface area contributed by atoms with E-state index in [-0.39, 0.29) is 6.42 Å². The van der Waals surface area contributed by atoms with Gasteiger partial charge in [-0.25, -0.2) is 0 Å². The number of carbonyl (C=O) groups is 2. The molecule has 2 N–H and O–H groups in total. The minimum atomic E-state index is -4.93. The van der Waals surface area contributed by atoms with Crippen LogP contribution in [0, 0.1) is 0 Å². The molecule has 30 heavy (non-hydrogen) atoms. The maximum atomic E-state index is 12.2. The number of carbonyl (C=O) groups excluding carboxylic acids is 1. The van der Waals surface area contributed by atoms with E-state index in [1.54, 1.807) is 19.1 Å². The van der Waals surface area contributed by atoms with E-state index in [0.717, 1.165) is 24.8 Å². The molecule has 1 aromatic rings. The molecule has 0 aromatic heterocycles. The molecule has 1 aromatic carbocycles. The topological polar surface area (TPSA) is 127 Å². The number of hydrogen-bond donors (Lipinski definition) is 2. The molecule has 2 atom stereocenters. The van der Waals surface area contributed by atoms with Gasteiger partial charge in [-0.2, -0.15) is 8.42 Å². The van der Waals surface area contributed by atoms with E-state index >= 15 is 0 Å². The van der Waals surface area contributed by atoms with E-state index in [0.29, 0.717) is 5.75 Å². The molecule has 8 nitrogen and oxygen atoms in total. The molecule has 2 unspecified atom stereocenters. The summed E-state index contributed by atoms with van der Waals surface area (Å²) in [5.41, 5.74) is 0.944. The maximum Gasteiger partial charge on any atom is 0.330 e. The summed E-state index contributed by atoms with van der Waals surface area (Å²) in [7, 11) is -4.93. The van der Waals surface area contributed by atoms with Crippen LogP contribution in [0.15, 0.2) is 24.3 Å². The lowest BCUT2D eigenvalue weighted by atomic mass is 10.0. The Morgan fingerprint density at radius 3 is 2.27 bits per heavy atom. The summed E-state index contributed by atoms with van der Waals surface area (Å²) in [5.74, 6) is -2.39. The lowest BCUT2D eigenvalue weighted by Crippen LogP contribution is -2.37. The van der Waals surface area contributed by atoms with Crippen LogP contribution in [0.3, 0.4) is 0 Å². The molecule has 0 aliphatic heterocycles. The van der Waals surface area contributed by atoms with Crippen molar-refractivity contribution < 1.29 is 37.1 Å². The zero-order chi connectivity index (χ0) is 22.6. The van der Waals surface area contributed by atoms with E-state index in [4.69, 9.17) is 19.1 Å². The average Bonchev–Trinajstić information content (AvgIpc) is 2.68. The third kappa shape index (κ3) is 9.58. The van der Waals surface area contributed by atoms with Gasteiger partial charge in [0.25, 0.3) is 10.1 Å². The second-order valence-electron chi connectivity index (χ2n) is 7.12. The van der Waals surface area contributed by atoms with Crippen molar-refractivity contribution in [2.75, 3.05) is 0 Å². The standard InChI is InChI=1S/C21H32O8S/c1-3-5-6-7-8-9-12-16-13-10-11-14-17(16)28-20(4-2)29-21(24)18(15-19(22)23)30(25,26)27/h10-11,13-14,18,20H,3-9,12,15H2,1-2H3,(H,22,23)(H,25,26,27). The van der Waals surface area contributed by atoms with E-state index in [1.807, 2.05) is 12.1 Å². The SMILES string of the molecule is CCCCCCCCc1ccccc1OC(CC)OC(=O)C(CC(=O)O)S(=O)(=O)O. The third-order valence-corrected chi connectivity index (χ3v) is 5.67. The van der Waals surface area contributed by atoms with E-state index < -0.39 is 40.0 Å². The van der Waals surface area contributed by atoms with Crippen LogP contribution in [-0.2, 0) is 30.9 Å². The molecule has 0 saturated carbocycles. The Balaban J connectivity index is 2.75. The molecule has 0 bridgehead atoms. The van der Waals surface area contributed by atoms with Gasteiger partial charge in [-0.1, -0.05) is 64.2 Å². The number of carboxylic acid groups (broad SMARTS) is 1. The van der Waals surface area contributed by atoms with Gasteiger partial charge in [-0.3, -0.25) is 14.1 Å². The summed E-state index contributed by atoms with van der Waals surface area (Å²) < 4.78 is 42.7. The number of aryl methyl sites for hydroxylation is 1. The van der Waals surface area contributed by atoms with E-state index in [2.05, 4.69) is 6.92 Å². The van der Waals surface area contributed by atoms with Crippen LogP contribution in [-0.4, -0.2) is 41.6 Å². The number of unbranched alkanes of at least 4 members (excludes halogenated alkanes) is 5. The minimum Gasteiger partial charge on any atom is -0.481 e. The van der Waals surface area contributed by atoms with Crippen LogP contribution in [0.2, 0.25) is 0 Å². The normalized spacial score (nSPS) is 13.4. The third-order valence-electron chi connectivity index (χ3n) is 4.59. The highest BCUT2D eigenvalue weighted by molar-refractivity contribution is 7.87. The van der Waals surface area contributed by atoms with E-state index in [9.17, 15) is 18.0 Å². The van der Waals surface area contributed by atoms with Crippen molar-refractivity contribution in [3.05, 3.63) is 29.8 Å². The van der Waals surface area contributed by atoms with E-state index in [1.165, 1.54) is 25.7 Å². The number of rotatable bonds is 15. The average molecular weight is 445 g/mol. The van der Waals surface area contributed by atoms with Gasteiger partial charge in [0.1, 0.15) is 5.75 Å². The molecule has 0 fully saturated rings. The molecule has 0 radical (unpaired) electrons. The highest BCUT2D eigenvalue weighted by Gasteiger charge is 2.36. The van der Waals surface area contributed by atoms with Gasteiger partial charge in [0, 0.05) is 6.42 Å². The van der Waals surface area contributed by atoms with Crippen LogP contribution in [0.5, 0.6) is 5.75 Å². The Bertz CT molecular complexity index is 775. The van der Waals surface area contributed by atoms with Crippen molar-refractivity contribution in [3.8, 4) is 5.75 Å². The number of aliphatic carboxylic acids is 1. The minimum absolute atomic E-state index is 0.211. The second-order valence-corrected chi connectivity index (χ2v) is 8.72. The molecule has 0 aliphatic carbocycles. The Hall–Kier alpha value is -2.13. The number of hydrogen-bond acceptors (Lipinski definition) is 6. The highest BCUT2D eigenvalue weighted by atomic mass is 32.2. The number of carboxylic acids is 1. The molecular weight excluding hydrogens is 412 g/mol. The molecule has 0 spiro atoms. The molecule has 0 heterocycles. The fourth-order valence-corrected chi connectivity index (χ4v) is 3.58. The van der Waals surface area contributed by atoms with Crippen LogP contribution in [0.25, 0.3) is 0 Å². The maximum absolute atomic E-state index is 12.2. The largest absolute Gasteiger partial charge is 0.481 e. The fraction of sp³-hybridized carbons (Fsp3) is 0.619. The lowest BCUT2D eigenvalue weighted by molar-refractivity contribution is -0.165. The van der Waals surface area contributed by atoms with Crippen molar-refractivity contribution in [1.82, 2.24) is 0 Å². The number of esters is 1. The lowest BCUT2D eigenvalue weighted by Gasteiger charge is -2.21. The first kappa shape index (κ1) is 25.9. The first-order valence-electron chi connectivity index (χ1n) is 10.3. The van der Waals surface area contributed by atoms with Crippen LogP contribution in [0.1, 0.15) is 70.8 Å². The predicted octanol–water partition coefficient (Wildman–Crippen LogP) is 3.98. The Morgan fingerprint density at radius 2 is 1.67 bits per heavy atom. The van der Waals surface area contributed by atoms with Crippen LogP contribution in [0.4, 0.5) is 0 Å². The first-order valence-corrected chi connectivity index (χ1v) is 11.8. The Kier molecular flexibility index (Phi) is 11.4. The molecular formula is C21H32O8S. The van der Waals surface area contributed by atoms with Gasteiger partial charge in [0.2, 0.25) is 6.29 Å². The number of benzene rings is 1. The zero-order valence-electron chi connectivity index (χ0n) is 17.6. The predicted molar refractivity (Wildman–Crippen MR) is 112 cm³/mol. The molecule has 1 rings (SSSR count).